The van der Waals surface area contributed by atoms with Crippen LogP contribution in [-0.2, 0) is 9.53 Å². The van der Waals surface area contributed by atoms with E-state index in [0.717, 1.165) is 16.8 Å². The smallest absolute Gasteiger partial charge is 0.244 e. The molecule has 1 atom stereocenters. The second-order valence-electron chi connectivity index (χ2n) is 6.27. The van der Waals surface area contributed by atoms with Crippen LogP contribution in [0.3, 0.4) is 0 Å². The molecule has 0 aromatic heterocycles. The Morgan fingerprint density at radius 3 is 2.95 bits per heavy atom. The molecule has 0 radical (unpaired) electrons. The largest absolute Gasteiger partial charge is 0.383 e. The molecule has 1 saturated carbocycles. The first-order chi connectivity index (χ1) is 10.0. The zero-order valence-corrected chi connectivity index (χ0v) is 14.1. The highest BCUT2D eigenvalue weighted by Gasteiger charge is 2.39. The third-order valence-electron chi connectivity index (χ3n) is 4.38. The van der Waals surface area contributed by atoms with Crippen LogP contribution in [0.25, 0.3) is 0 Å². The van der Waals surface area contributed by atoms with Gasteiger partial charge in [-0.15, -0.1) is 0 Å². The van der Waals surface area contributed by atoms with Crippen LogP contribution in [0.4, 0.5) is 0 Å². The summed E-state index contributed by atoms with van der Waals surface area (Å²) in [6.45, 7) is 5.23. The summed E-state index contributed by atoms with van der Waals surface area (Å²) in [5.41, 5.74) is 0.224. The van der Waals surface area contributed by atoms with Crippen LogP contribution < -0.4 is 10.6 Å². The molecule has 0 bridgehead atoms. The van der Waals surface area contributed by atoms with Crippen molar-refractivity contribution in [1.82, 2.24) is 10.6 Å². The fourth-order valence-corrected chi connectivity index (χ4v) is 4.11. The Balaban J connectivity index is 1.83. The molecule has 120 valence electrons. The first-order valence-electron chi connectivity index (χ1n) is 7.80. The fourth-order valence-electron chi connectivity index (χ4n) is 2.82. The van der Waals surface area contributed by atoms with Crippen LogP contribution in [0.5, 0.6) is 0 Å². The highest BCUT2D eigenvalue weighted by Crippen LogP contribution is 2.38. The minimum absolute atomic E-state index is 0.0415. The number of carbonyl (C=O) groups is 1. The second kappa shape index (κ2) is 7.49. The van der Waals surface area contributed by atoms with E-state index in [2.05, 4.69) is 22.5 Å². The Morgan fingerprint density at radius 2 is 2.29 bits per heavy atom. The first kappa shape index (κ1) is 16.6. The van der Waals surface area contributed by atoms with E-state index in [-0.39, 0.29) is 17.5 Å². The van der Waals surface area contributed by atoms with Crippen LogP contribution in [0.15, 0.2) is 4.99 Å². The van der Waals surface area contributed by atoms with Gasteiger partial charge in [0, 0.05) is 24.9 Å². The summed E-state index contributed by atoms with van der Waals surface area (Å²) >= 11 is 1.76. The highest BCUT2D eigenvalue weighted by atomic mass is 32.2. The van der Waals surface area contributed by atoms with E-state index in [4.69, 9.17) is 4.74 Å². The van der Waals surface area contributed by atoms with Gasteiger partial charge in [0.1, 0.15) is 6.04 Å². The molecule has 1 aliphatic heterocycles. The predicted molar refractivity (Wildman–Crippen MR) is 87.7 cm³/mol. The summed E-state index contributed by atoms with van der Waals surface area (Å²) < 4.78 is 4.92. The molecule has 0 aromatic rings. The van der Waals surface area contributed by atoms with Crippen molar-refractivity contribution >= 4 is 22.8 Å². The van der Waals surface area contributed by atoms with E-state index in [1.807, 2.05) is 6.92 Å². The van der Waals surface area contributed by atoms with Gasteiger partial charge >= 0.3 is 0 Å². The summed E-state index contributed by atoms with van der Waals surface area (Å²) in [5, 5.41) is 7.34. The van der Waals surface area contributed by atoms with Crippen molar-refractivity contribution in [1.29, 1.82) is 0 Å². The summed E-state index contributed by atoms with van der Waals surface area (Å²) in [6.07, 6.45) is 5.00. The average Bonchev–Trinajstić information content (AvgIpc) is 2.85. The molecule has 1 unspecified atom stereocenters. The lowest BCUT2D eigenvalue weighted by Crippen LogP contribution is -2.46. The number of nitrogens with one attached hydrogen (secondary N) is 2. The van der Waals surface area contributed by atoms with E-state index in [0.29, 0.717) is 13.2 Å². The zero-order valence-electron chi connectivity index (χ0n) is 13.3. The molecule has 1 heterocycles. The van der Waals surface area contributed by atoms with Gasteiger partial charge in [-0.05, 0) is 38.5 Å². The highest BCUT2D eigenvalue weighted by molar-refractivity contribution is 8.14. The molecule has 2 rings (SSSR count). The fraction of sp³-hybridized carbons (Fsp3) is 0.867. The monoisotopic (exact) mass is 313 g/mol. The number of ether oxygens (including phenoxy) is 1. The molecule has 0 aromatic carbocycles. The van der Waals surface area contributed by atoms with Crippen LogP contribution in [0.1, 0.15) is 39.5 Å². The predicted octanol–water partition coefficient (Wildman–Crippen LogP) is 1.78. The summed E-state index contributed by atoms with van der Waals surface area (Å²) in [4.78, 5) is 16.4. The summed E-state index contributed by atoms with van der Waals surface area (Å²) in [7, 11) is 1.62. The molecule has 1 amide bonds. The molecule has 5 nitrogen and oxygen atoms in total. The number of hydrogen-bond donors (Lipinski definition) is 2. The van der Waals surface area contributed by atoms with Crippen molar-refractivity contribution in [3.05, 3.63) is 0 Å². The van der Waals surface area contributed by atoms with E-state index in [9.17, 15) is 4.79 Å². The van der Waals surface area contributed by atoms with E-state index in [1.54, 1.807) is 18.9 Å². The SMILES string of the molecule is COCCNC(=O)C(C)N=C1NC2(CCC(C)CC2)CS1. The van der Waals surface area contributed by atoms with Crippen LogP contribution in [0, 0.1) is 5.92 Å². The standard InChI is InChI=1S/C15H27N3O2S/c1-11-4-6-15(7-5-11)10-21-14(18-15)17-12(2)13(19)16-8-9-20-3/h11-12H,4-10H2,1-3H3,(H,16,19)(H,17,18). The van der Waals surface area contributed by atoms with Crippen molar-refractivity contribution < 1.29 is 9.53 Å². The Morgan fingerprint density at radius 1 is 1.57 bits per heavy atom. The minimum atomic E-state index is -0.352. The van der Waals surface area contributed by atoms with Crippen LogP contribution in [0.2, 0.25) is 0 Å². The molecule has 21 heavy (non-hydrogen) atoms. The summed E-state index contributed by atoms with van der Waals surface area (Å²) in [6, 6.07) is -0.352. The van der Waals surface area contributed by atoms with Crippen molar-refractivity contribution in [2.75, 3.05) is 26.0 Å². The lowest BCUT2D eigenvalue weighted by atomic mass is 9.78. The van der Waals surface area contributed by atoms with Gasteiger partial charge in [-0.25, -0.2) is 4.99 Å². The van der Waals surface area contributed by atoms with Gasteiger partial charge in [-0.2, -0.15) is 0 Å². The van der Waals surface area contributed by atoms with Crippen LogP contribution in [-0.4, -0.2) is 48.7 Å². The maximum Gasteiger partial charge on any atom is 0.244 e. The third kappa shape index (κ3) is 4.61. The summed E-state index contributed by atoms with van der Waals surface area (Å²) in [5.74, 6) is 1.88. The lowest BCUT2D eigenvalue weighted by molar-refractivity contribution is -0.122. The van der Waals surface area contributed by atoms with Gasteiger partial charge in [0.15, 0.2) is 5.17 Å². The molecular weight excluding hydrogens is 286 g/mol. The van der Waals surface area contributed by atoms with Gasteiger partial charge in [0.05, 0.1) is 6.61 Å². The Bertz CT molecular complexity index is 392. The molecule has 2 aliphatic rings. The number of methoxy groups -OCH3 is 1. The molecule has 2 N–H and O–H groups in total. The molecule has 1 spiro atoms. The average molecular weight is 313 g/mol. The number of carbonyl (C=O) groups excluding carboxylic acids is 1. The second-order valence-corrected chi connectivity index (χ2v) is 7.23. The molecule has 2 fully saturated rings. The third-order valence-corrected chi connectivity index (χ3v) is 5.56. The Hall–Kier alpha value is -0.750. The van der Waals surface area contributed by atoms with Gasteiger partial charge in [-0.1, -0.05) is 18.7 Å². The number of hydrogen-bond acceptors (Lipinski definition) is 4. The van der Waals surface area contributed by atoms with E-state index >= 15 is 0 Å². The van der Waals surface area contributed by atoms with Gasteiger partial charge in [-0.3, -0.25) is 4.79 Å². The normalized spacial score (nSPS) is 32.1. The lowest BCUT2D eigenvalue weighted by Gasteiger charge is -2.35. The van der Waals surface area contributed by atoms with E-state index < -0.39 is 0 Å². The molecule has 1 aliphatic carbocycles. The van der Waals surface area contributed by atoms with Crippen molar-refractivity contribution in [3.8, 4) is 0 Å². The first-order valence-corrected chi connectivity index (χ1v) is 8.79. The van der Waals surface area contributed by atoms with Crippen LogP contribution >= 0.6 is 11.8 Å². The van der Waals surface area contributed by atoms with Gasteiger partial charge in [0.2, 0.25) is 5.91 Å². The number of amidine groups is 1. The van der Waals surface area contributed by atoms with Gasteiger partial charge < -0.3 is 15.4 Å². The molecule has 1 saturated heterocycles. The Kier molecular flexibility index (Phi) is 5.93. The van der Waals surface area contributed by atoms with Crippen molar-refractivity contribution in [3.63, 3.8) is 0 Å². The quantitative estimate of drug-likeness (QED) is 0.760. The van der Waals surface area contributed by atoms with Gasteiger partial charge in [0.25, 0.3) is 0 Å². The topological polar surface area (TPSA) is 62.7 Å². The molecular formula is C15H27N3O2S. The number of aliphatic imine (C=N–C) groups is 1. The number of amides is 1. The van der Waals surface area contributed by atoms with Crippen molar-refractivity contribution in [2.24, 2.45) is 10.9 Å². The van der Waals surface area contributed by atoms with Crippen molar-refractivity contribution in [2.45, 2.75) is 51.1 Å². The minimum Gasteiger partial charge on any atom is -0.383 e. The number of thioether (sulfide) groups is 1. The number of nitrogens with zero attached hydrogens (tertiary/aromatic N) is 1. The molecule has 6 heteroatoms. The maximum atomic E-state index is 11.9. The number of rotatable bonds is 5. The Labute approximate surface area is 131 Å². The zero-order chi connectivity index (χ0) is 15.3. The van der Waals surface area contributed by atoms with E-state index in [1.165, 1.54) is 25.7 Å². The maximum absolute atomic E-state index is 11.9.